The highest BCUT2D eigenvalue weighted by Crippen LogP contribution is 2.37. The van der Waals surface area contributed by atoms with Crippen LogP contribution in [0.3, 0.4) is 0 Å². The molecule has 0 unspecified atom stereocenters. The first kappa shape index (κ1) is 40.8. The molecule has 2 aliphatic rings. The molecule has 0 spiro atoms. The number of ether oxygens (including phenoxy) is 1. The van der Waals surface area contributed by atoms with Gasteiger partial charge >= 0.3 is 0 Å². The smallest absolute Gasteiger partial charge is 0.267 e. The number of pyridine rings is 2. The summed E-state index contributed by atoms with van der Waals surface area (Å²) >= 11 is 7.69. The van der Waals surface area contributed by atoms with E-state index < -0.39 is 27.1 Å². The van der Waals surface area contributed by atoms with E-state index in [1.54, 1.807) is 37.4 Å². The van der Waals surface area contributed by atoms with Gasteiger partial charge in [-0.2, -0.15) is 10.5 Å². The number of nitriles is 2. The van der Waals surface area contributed by atoms with Crippen molar-refractivity contribution in [1.29, 1.82) is 10.5 Å². The number of halogens is 1. The van der Waals surface area contributed by atoms with Crippen molar-refractivity contribution in [3.8, 4) is 35.1 Å². The molecule has 17 heteroatoms. The molecule has 0 radical (unpaired) electrons. The molecule has 4 aromatic heterocycles. The lowest BCUT2D eigenvalue weighted by molar-refractivity contribution is -0.0711. The lowest BCUT2D eigenvalue weighted by atomic mass is 9.99. The standard InChI is InChI=1S/C41H40ClN9O5S2/c1-5-50(28-11-15-49(16-12-28)29-20-56-21-29)38-32(18-43)35-34(19-46-38)47-25(2)51(40(35)53)14-6-7-26-8-9-27(42)17-31(26)30-10-13-45-36-33(22-57-37(30)36)39(52)48-58(54,55)24-41(3,4)23-44/h8-10,13,17,19,22,28-29H,5,11-12,14-16,20-21,24H2,1-4H3,(H,48,52). The van der Waals surface area contributed by atoms with Crippen LogP contribution in [0.5, 0.6) is 0 Å². The molecule has 1 N–H and O–H groups in total. The number of fused-ring (bicyclic) bond motifs is 2. The first-order valence-corrected chi connectivity index (χ1v) is 21.6. The third kappa shape index (κ3) is 8.14. The van der Waals surface area contributed by atoms with Crippen LogP contribution in [0.1, 0.15) is 60.9 Å². The second-order valence-electron chi connectivity index (χ2n) is 15.0. The van der Waals surface area contributed by atoms with Crippen LogP contribution in [0.4, 0.5) is 5.82 Å². The second-order valence-corrected chi connectivity index (χ2v) is 18.0. The van der Waals surface area contributed by atoms with Gasteiger partial charge in [0.2, 0.25) is 10.0 Å². The van der Waals surface area contributed by atoms with Crippen molar-refractivity contribution in [2.24, 2.45) is 5.41 Å². The minimum absolute atomic E-state index is 0.0226. The topological polar surface area (TPSA) is 187 Å². The Morgan fingerprint density at radius 2 is 1.91 bits per heavy atom. The van der Waals surface area contributed by atoms with Crippen LogP contribution in [0.2, 0.25) is 5.02 Å². The Kier molecular flexibility index (Phi) is 11.6. The molecule has 0 bridgehead atoms. The minimum Gasteiger partial charge on any atom is -0.378 e. The average molecular weight is 838 g/mol. The van der Waals surface area contributed by atoms with Crippen molar-refractivity contribution in [3.05, 3.63) is 79.9 Å². The number of aromatic nitrogens is 4. The van der Waals surface area contributed by atoms with Gasteiger partial charge in [-0.3, -0.25) is 24.0 Å². The summed E-state index contributed by atoms with van der Waals surface area (Å²) < 4.78 is 35.0. The minimum atomic E-state index is -4.13. The SMILES string of the molecule is CCN(c1ncc2nc(C)n(CC#Cc3ccc(Cl)cc3-c3ccnc4c(C(=O)NS(=O)(=O)CC(C)(C)C#N)csc34)c(=O)c2c1C#N)C1CCN(C2COC2)CC1. The van der Waals surface area contributed by atoms with Crippen molar-refractivity contribution in [2.75, 3.05) is 43.5 Å². The fraction of sp³-hybridized carbons (Fsp3) is 0.390. The Hall–Kier alpha value is -5.41. The molecule has 2 fully saturated rings. The Labute approximate surface area is 345 Å². The molecule has 58 heavy (non-hydrogen) atoms. The van der Waals surface area contributed by atoms with Gasteiger partial charge in [-0.15, -0.1) is 11.3 Å². The molecule has 298 valence electrons. The normalized spacial score (nSPS) is 15.3. The number of hydrogen-bond acceptors (Lipinski definition) is 13. The van der Waals surface area contributed by atoms with Crippen LogP contribution in [-0.4, -0.2) is 89.4 Å². The summed E-state index contributed by atoms with van der Waals surface area (Å²) in [6.07, 6.45) is 4.91. The van der Waals surface area contributed by atoms with Gasteiger partial charge in [-0.25, -0.2) is 23.1 Å². The number of carbonyl (C=O) groups excluding carboxylic acids is 1. The first-order chi connectivity index (χ1) is 27.7. The monoisotopic (exact) mass is 837 g/mol. The van der Waals surface area contributed by atoms with E-state index >= 15 is 0 Å². The lowest BCUT2D eigenvalue weighted by Crippen LogP contribution is -2.54. The Balaban J connectivity index is 1.18. The molecule has 0 saturated carbocycles. The number of aryl methyl sites for hydroxylation is 1. The molecule has 14 nitrogen and oxygen atoms in total. The zero-order valence-corrected chi connectivity index (χ0v) is 34.8. The third-order valence-electron chi connectivity index (χ3n) is 10.5. The molecule has 1 aromatic carbocycles. The highest BCUT2D eigenvalue weighted by Gasteiger charge is 2.33. The largest absolute Gasteiger partial charge is 0.378 e. The molecule has 7 rings (SSSR count). The number of likely N-dealkylation sites (tertiary alicyclic amines) is 1. The van der Waals surface area contributed by atoms with Gasteiger partial charge in [0.25, 0.3) is 11.5 Å². The van der Waals surface area contributed by atoms with Gasteiger partial charge in [0.1, 0.15) is 23.3 Å². The fourth-order valence-corrected chi connectivity index (χ4v) is 10.2. The maximum Gasteiger partial charge on any atom is 0.267 e. The molecule has 0 aliphatic carbocycles. The van der Waals surface area contributed by atoms with Crippen molar-refractivity contribution in [2.45, 2.75) is 59.2 Å². The van der Waals surface area contributed by atoms with Crippen LogP contribution < -0.4 is 15.2 Å². The number of amides is 1. The average Bonchev–Trinajstić information content (AvgIpc) is 3.61. The van der Waals surface area contributed by atoms with Crippen LogP contribution in [-0.2, 0) is 21.3 Å². The van der Waals surface area contributed by atoms with E-state index in [0.717, 1.165) is 39.1 Å². The van der Waals surface area contributed by atoms with Crippen LogP contribution in [0.25, 0.3) is 32.2 Å². The van der Waals surface area contributed by atoms with Crippen molar-refractivity contribution < 1.29 is 17.9 Å². The van der Waals surface area contributed by atoms with E-state index in [2.05, 4.69) is 47.4 Å². The predicted octanol–water partition coefficient (Wildman–Crippen LogP) is 5.25. The number of rotatable bonds is 10. The van der Waals surface area contributed by atoms with Crippen molar-refractivity contribution in [1.82, 2.24) is 29.1 Å². The van der Waals surface area contributed by atoms with E-state index in [-0.39, 0.29) is 40.2 Å². The number of piperidine rings is 1. The number of sulfonamides is 1. The predicted molar refractivity (Wildman–Crippen MR) is 223 cm³/mol. The van der Waals surface area contributed by atoms with Gasteiger partial charge in [-0.05, 0) is 64.8 Å². The summed E-state index contributed by atoms with van der Waals surface area (Å²) in [4.78, 5) is 45.8. The molecule has 5 aromatic rings. The number of benzene rings is 1. The van der Waals surface area contributed by atoms with Gasteiger partial charge in [0.05, 0.1) is 75.9 Å². The third-order valence-corrected chi connectivity index (χ3v) is 13.3. The lowest BCUT2D eigenvalue weighted by Gasteiger charge is -2.44. The number of carbonyl (C=O) groups is 1. The maximum atomic E-state index is 14.2. The van der Waals surface area contributed by atoms with Gasteiger partial charge in [-0.1, -0.05) is 23.4 Å². The van der Waals surface area contributed by atoms with E-state index in [1.165, 1.54) is 41.3 Å². The number of hydrogen-bond donors (Lipinski definition) is 1. The Bertz CT molecular complexity index is 2770. The summed E-state index contributed by atoms with van der Waals surface area (Å²) in [5, 5.41) is 21.9. The molecule has 6 heterocycles. The first-order valence-electron chi connectivity index (χ1n) is 18.7. The quantitative estimate of drug-likeness (QED) is 0.180. The molecule has 0 atom stereocenters. The number of nitrogens with zero attached hydrogens (tertiary/aromatic N) is 8. The van der Waals surface area contributed by atoms with E-state index in [0.29, 0.717) is 56.2 Å². The van der Waals surface area contributed by atoms with Crippen molar-refractivity contribution >= 4 is 65.8 Å². The summed E-state index contributed by atoms with van der Waals surface area (Å²) in [6.45, 7) is 10.7. The van der Waals surface area contributed by atoms with E-state index in [9.17, 15) is 28.5 Å². The van der Waals surface area contributed by atoms with Crippen LogP contribution >= 0.6 is 22.9 Å². The van der Waals surface area contributed by atoms with Gasteiger partial charge in [0, 0.05) is 59.0 Å². The Morgan fingerprint density at radius 3 is 2.59 bits per heavy atom. The van der Waals surface area contributed by atoms with Gasteiger partial charge in [0.15, 0.2) is 0 Å². The van der Waals surface area contributed by atoms with E-state index in [4.69, 9.17) is 16.3 Å². The zero-order valence-electron chi connectivity index (χ0n) is 32.4. The van der Waals surface area contributed by atoms with Crippen molar-refractivity contribution in [3.63, 3.8) is 0 Å². The number of nitrogens with one attached hydrogen (secondary N) is 1. The molecule has 1 amide bonds. The molecule has 2 saturated heterocycles. The Morgan fingerprint density at radius 1 is 1.16 bits per heavy atom. The van der Waals surface area contributed by atoms with Gasteiger partial charge < -0.3 is 9.64 Å². The molecule has 2 aliphatic heterocycles. The summed E-state index contributed by atoms with van der Waals surface area (Å²) in [7, 11) is -4.13. The summed E-state index contributed by atoms with van der Waals surface area (Å²) in [5.74, 6) is 5.78. The number of anilines is 1. The number of thiophene rings is 1. The second kappa shape index (κ2) is 16.5. The van der Waals surface area contributed by atoms with E-state index in [1.807, 2.05) is 13.0 Å². The van der Waals surface area contributed by atoms with Crippen LogP contribution in [0, 0.1) is 46.8 Å². The summed E-state index contributed by atoms with van der Waals surface area (Å²) in [5.41, 5.74) is 1.19. The maximum absolute atomic E-state index is 14.2. The molecular formula is C41H40ClN9O5S2. The zero-order chi connectivity index (χ0) is 41.4. The highest BCUT2D eigenvalue weighted by atomic mass is 35.5. The van der Waals surface area contributed by atoms with Crippen LogP contribution in [0.15, 0.2) is 46.8 Å². The summed E-state index contributed by atoms with van der Waals surface area (Å²) in [6, 6.07) is 11.8. The highest BCUT2D eigenvalue weighted by molar-refractivity contribution is 7.90. The fourth-order valence-electron chi connectivity index (χ4n) is 7.50. The molecular weight excluding hydrogens is 798 g/mol.